The van der Waals surface area contributed by atoms with Crippen LogP contribution in [0.1, 0.15) is 35.6 Å². The molecule has 0 aromatic heterocycles. The molecule has 0 amide bonds. The van der Waals surface area contributed by atoms with E-state index < -0.39 is 0 Å². The van der Waals surface area contributed by atoms with Crippen LogP contribution < -0.4 is 5.73 Å². The summed E-state index contributed by atoms with van der Waals surface area (Å²) >= 11 is 6.18. The molecule has 2 atom stereocenters. The van der Waals surface area contributed by atoms with Crippen molar-refractivity contribution in [2.45, 2.75) is 44.1 Å². The van der Waals surface area contributed by atoms with Gasteiger partial charge in [0.25, 0.3) is 0 Å². The van der Waals surface area contributed by atoms with Gasteiger partial charge in [0.2, 0.25) is 0 Å². The van der Waals surface area contributed by atoms with Gasteiger partial charge in [0.05, 0.1) is 5.54 Å². The third-order valence-corrected chi connectivity index (χ3v) is 7.98. The maximum absolute atomic E-state index is 14.2. The Morgan fingerprint density at radius 1 is 1.09 bits per heavy atom. The molecule has 2 aliphatic rings. The Bertz CT molecular complexity index is 1250. The summed E-state index contributed by atoms with van der Waals surface area (Å²) in [6, 6.07) is 19.8. The largest absolute Gasteiger partial charge is 0.370 e. The highest BCUT2D eigenvalue weighted by Crippen LogP contribution is 2.55. The van der Waals surface area contributed by atoms with Gasteiger partial charge in [-0.2, -0.15) is 0 Å². The van der Waals surface area contributed by atoms with Gasteiger partial charge in [0.15, 0.2) is 5.96 Å². The molecule has 1 aliphatic heterocycles. The van der Waals surface area contributed by atoms with Crippen LogP contribution in [0.5, 0.6) is 0 Å². The van der Waals surface area contributed by atoms with Crippen LogP contribution in [0.4, 0.5) is 4.39 Å². The van der Waals surface area contributed by atoms with E-state index in [0.717, 1.165) is 36.9 Å². The molecule has 3 aromatic rings. The van der Waals surface area contributed by atoms with Gasteiger partial charge in [-0.05, 0) is 77.8 Å². The molecule has 0 bridgehead atoms. The molecular formula is C28H29ClFN3. The van der Waals surface area contributed by atoms with Crippen molar-refractivity contribution in [3.05, 3.63) is 93.8 Å². The lowest BCUT2D eigenvalue weighted by Gasteiger charge is -2.50. The van der Waals surface area contributed by atoms with Gasteiger partial charge in [-0.3, -0.25) is 0 Å². The Labute approximate surface area is 200 Å². The number of benzene rings is 3. The Kier molecular flexibility index (Phi) is 5.24. The average Bonchev–Trinajstić information content (AvgIpc) is 3.04. The quantitative estimate of drug-likeness (QED) is 0.525. The van der Waals surface area contributed by atoms with Crippen LogP contribution >= 0.6 is 11.6 Å². The number of rotatable bonds is 4. The third kappa shape index (κ3) is 3.43. The summed E-state index contributed by atoms with van der Waals surface area (Å²) in [6.07, 6.45) is 2.61. The van der Waals surface area contributed by atoms with Crippen molar-refractivity contribution in [2.75, 3.05) is 13.6 Å². The number of aliphatic imine (C=N–C) groups is 1. The number of aryl methyl sites for hydroxylation is 1. The van der Waals surface area contributed by atoms with Crippen LogP contribution in [0, 0.1) is 12.7 Å². The summed E-state index contributed by atoms with van der Waals surface area (Å²) < 4.78 is 14.2. The highest BCUT2D eigenvalue weighted by atomic mass is 35.5. The van der Waals surface area contributed by atoms with Gasteiger partial charge >= 0.3 is 0 Å². The summed E-state index contributed by atoms with van der Waals surface area (Å²) in [5.41, 5.74) is 12.8. The zero-order valence-corrected chi connectivity index (χ0v) is 20.1. The standard InChI is InChI=1S/C28H29ClFN3/c1-4-28-16-21-10-9-19(22-11-23(29)14-24(30)12-22)13-25(21)27(28,17-33(3)26(31)32-28)15-20-8-6-5-7-18(20)2/h5-14H,4,15-17H2,1-3H3,(H2,31,32). The Morgan fingerprint density at radius 3 is 2.61 bits per heavy atom. The number of halogens is 2. The van der Waals surface area contributed by atoms with Crippen molar-refractivity contribution in [3.8, 4) is 11.1 Å². The molecular weight excluding hydrogens is 433 g/mol. The normalized spacial score (nSPS) is 23.8. The maximum Gasteiger partial charge on any atom is 0.191 e. The van der Waals surface area contributed by atoms with Gasteiger partial charge in [-0.1, -0.05) is 61.0 Å². The SMILES string of the molecule is CCC12Cc3ccc(-c4cc(F)cc(Cl)c4)cc3C1(Cc1ccccc1C)CN(C)C(N)=N2. The smallest absolute Gasteiger partial charge is 0.191 e. The van der Waals surface area contributed by atoms with E-state index in [1.165, 1.54) is 28.3 Å². The van der Waals surface area contributed by atoms with Crippen molar-refractivity contribution in [1.82, 2.24) is 4.90 Å². The van der Waals surface area contributed by atoms with E-state index in [1.807, 2.05) is 13.1 Å². The number of hydrogen-bond acceptors (Lipinski definition) is 3. The predicted octanol–water partition coefficient (Wildman–Crippen LogP) is 5.90. The first-order valence-electron chi connectivity index (χ1n) is 11.5. The van der Waals surface area contributed by atoms with Crippen LogP contribution in [0.3, 0.4) is 0 Å². The maximum atomic E-state index is 14.2. The summed E-state index contributed by atoms with van der Waals surface area (Å²) in [5.74, 6) is 0.271. The van der Waals surface area contributed by atoms with E-state index in [-0.39, 0.29) is 16.8 Å². The number of guanidine groups is 1. The average molecular weight is 462 g/mol. The second-order valence-electron chi connectivity index (χ2n) is 9.60. The fourth-order valence-electron chi connectivity index (χ4n) is 5.97. The van der Waals surface area contributed by atoms with Crippen molar-refractivity contribution in [3.63, 3.8) is 0 Å². The zero-order chi connectivity index (χ0) is 23.4. The minimum absolute atomic E-state index is 0.242. The van der Waals surface area contributed by atoms with Gasteiger partial charge in [-0.15, -0.1) is 0 Å². The van der Waals surface area contributed by atoms with E-state index in [4.69, 9.17) is 22.3 Å². The molecule has 0 saturated heterocycles. The number of hydrogen-bond donors (Lipinski definition) is 1. The second-order valence-corrected chi connectivity index (χ2v) is 10.0. The molecule has 1 heterocycles. The van der Waals surface area contributed by atoms with Crippen molar-refractivity contribution in [2.24, 2.45) is 10.7 Å². The van der Waals surface area contributed by atoms with Gasteiger partial charge in [0.1, 0.15) is 5.82 Å². The van der Waals surface area contributed by atoms with Crippen LogP contribution in [0.25, 0.3) is 11.1 Å². The van der Waals surface area contributed by atoms with E-state index in [9.17, 15) is 4.39 Å². The van der Waals surface area contributed by atoms with Crippen molar-refractivity contribution in [1.29, 1.82) is 0 Å². The number of likely N-dealkylation sites (N-methyl/N-ethyl adjacent to an activating group) is 1. The van der Waals surface area contributed by atoms with Crippen molar-refractivity contribution >= 4 is 17.6 Å². The monoisotopic (exact) mass is 461 g/mol. The first-order chi connectivity index (χ1) is 15.8. The molecule has 3 aromatic carbocycles. The molecule has 2 N–H and O–H groups in total. The van der Waals surface area contributed by atoms with E-state index in [1.54, 1.807) is 6.07 Å². The molecule has 33 heavy (non-hydrogen) atoms. The minimum atomic E-state index is -0.328. The second kappa shape index (κ2) is 7.88. The first kappa shape index (κ1) is 22.0. The highest BCUT2D eigenvalue weighted by Gasteiger charge is 2.59. The van der Waals surface area contributed by atoms with Gasteiger partial charge in [0, 0.05) is 24.0 Å². The Balaban J connectivity index is 1.73. The molecule has 2 unspecified atom stereocenters. The summed E-state index contributed by atoms with van der Waals surface area (Å²) in [7, 11) is 2.02. The summed E-state index contributed by atoms with van der Waals surface area (Å²) in [4.78, 5) is 7.23. The minimum Gasteiger partial charge on any atom is -0.370 e. The number of fused-ring (bicyclic) bond motifs is 3. The van der Waals surface area contributed by atoms with Crippen LogP contribution in [-0.4, -0.2) is 30.0 Å². The first-order valence-corrected chi connectivity index (χ1v) is 11.9. The highest BCUT2D eigenvalue weighted by molar-refractivity contribution is 6.30. The van der Waals surface area contributed by atoms with E-state index in [0.29, 0.717) is 11.0 Å². The van der Waals surface area contributed by atoms with Gasteiger partial charge < -0.3 is 10.6 Å². The molecule has 3 nitrogen and oxygen atoms in total. The van der Waals surface area contributed by atoms with Gasteiger partial charge in [-0.25, -0.2) is 9.38 Å². The van der Waals surface area contributed by atoms with E-state index in [2.05, 4.69) is 61.2 Å². The zero-order valence-electron chi connectivity index (χ0n) is 19.3. The Morgan fingerprint density at radius 2 is 1.88 bits per heavy atom. The van der Waals surface area contributed by atoms with Crippen LogP contribution in [0.15, 0.2) is 65.7 Å². The van der Waals surface area contributed by atoms with Crippen molar-refractivity contribution < 1.29 is 4.39 Å². The fourth-order valence-corrected chi connectivity index (χ4v) is 6.19. The molecule has 0 saturated carbocycles. The predicted molar refractivity (Wildman–Crippen MR) is 134 cm³/mol. The molecule has 1 aliphatic carbocycles. The number of nitrogens with zero attached hydrogens (tertiary/aromatic N) is 2. The van der Waals surface area contributed by atoms with Crippen LogP contribution in [-0.2, 0) is 18.3 Å². The lowest BCUT2D eigenvalue weighted by Crippen LogP contribution is -2.61. The topological polar surface area (TPSA) is 41.6 Å². The lowest BCUT2D eigenvalue weighted by molar-refractivity contribution is 0.168. The Hall–Kier alpha value is -2.85. The number of nitrogens with two attached hydrogens (primary N) is 1. The third-order valence-electron chi connectivity index (χ3n) is 7.76. The molecule has 0 spiro atoms. The molecule has 5 rings (SSSR count). The summed E-state index contributed by atoms with van der Waals surface area (Å²) in [5, 5.41) is 0.401. The molecule has 5 heteroatoms. The summed E-state index contributed by atoms with van der Waals surface area (Å²) in [6.45, 7) is 5.17. The van der Waals surface area contributed by atoms with Crippen LogP contribution in [0.2, 0.25) is 5.02 Å². The lowest BCUT2D eigenvalue weighted by atomic mass is 9.63. The fraction of sp³-hybridized carbons (Fsp3) is 0.321. The molecule has 0 fully saturated rings. The molecule has 0 radical (unpaired) electrons. The van der Waals surface area contributed by atoms with E-state index >= 15 is 0 Å². The molecule has 170 valence electrons.